The lowest BCUT2D eigenvalue weighted by Gasteiger charge is -2.28. The van der Waals surface area contributed by atoms with Gasteiger partial charge in [-0.3, -0.25) is 4.74 Å². The van der Waals surface area contributed by atoms with Gasteiger partial charge in [-0.25, -0.2) is 0 Å². The van der Waals surface area contributed by atoms with Gasteiger partial charge in [-0.15, -0.1) is 13.2 Å². The summed E-state index contributed by atoms with van der Waals surface area (Å²) in [4.78, 5) is 0. The van der Waals surface area contributed by atoms with Crippen LogP contribution in [0.25, 0.3) is 0 Å². The summed E-state index contributed by atoms with van der Waals surface area (Å²) in [5.41, 5.74) is -0.435. The van der Waals surface area contributed by atoms with Crippen LogP contribution in [0, 0.1) is 11.3 Å². The van der Waals surface area contributed by atoms with Crippen LogP contribution in [-0.4, -0.2) is 13.0 Å². The van der Waals surface area contributed by atoms with Gasteiger partial charge in [0.1, 0.15) is 0 Å². The molecule has 1 nitrogen and oxygen atoms in total. The van der Waals surface area contributed by atoms with E-state index in [1.807, 2.05) is 13.8 Å². The Morgan fingerprint density at radius 1 is 1.17 bits per heavy atom. The van der Waals surface area contributed by atoms with Crippen LogP contribution in [0.15, 0.2) is 0 Å². The Kier molecular flexibility index (Phi) is 3.57. The van der Waals surface area contributed by atoms with Crippen molar-refractivity contribution in [2.75, 3.05) is 6.61 Å². The number of halogens is 3. The van der Waals surface area contributed by atoms with Gasteiger partial charge in [-0.05, 0) is 11.3 Å². The number of ether oxygens (including phenoxy) is 1. The highest BCUT2D eigenvalue weighted by atomic mass is 19.4. The second-order valence-corrected chi connectivity index (χ2v) is 3.88. The average molecular weight is 184 g/mol. The maximum absolute atomic E-state index is 11.6. The monoisotopic (exact) mass is 184 g/mol. The SMILES string of the molecule is CC(C)C(C)(C)COC(F)(F)F. The van der Waals surface area contributed by atoms with Crippen LogP contribution in [0.2, 0.25) is 0 Å². The van der Waals surface area contributed by atoms with Gasteiger partial charge >= 0.3 is 6.36 Å². The zero-order chi connectivity index (χ0) is 9.99. The first-order valence-electron chi connectivity index (χ1n) is 3.86. The molecular formula is C8H15F3O. The molecule has 0 bridgehead atoms. The highest BCUT2D eigenvalue weighted by Crippen LogP contribution is 2.29. The minimum Gasteiger partial charge on any atom is -0.291 e. The molecule has 0 fully saturated rings. The Morgan fingerprint density at radius 3 is 1.83 bits per heavy atom. The zero-order valence-electron chi connectivity index (χ0n) is 7.83. The van der Waals surface area contributed by atoms with E-state index < -0.39 is 11.8 Å². The summed E-state index contributed by atoms with van der Waals surface area (Å²) >= 11 is 0. The lowest BCUT2D eigenvalue weighted by atomic mass is 9.82. The number of hydrogen-bond acceptors (Lipinski definition) is 1. The lowest BCUT2D eigenvalue weighted by Crippen LogP contribution is -2.29. The smallest absolute Gasteiger partial charge is 0.291 e. The van der Waals surface area contributed by atoms with Gasteiger partial charge in [-0.1, -0.05) is 27.7 Å². The first-order chi connectivity index (χ1) is 5.15. The molecule has 0 spiro atoms. The molecule has 0 aliphatic rings. The van der Waals surface area contributed by atoms with Gasteiger partial charge < -0.3 is 0 Å². The maximum atomic E-state index is 11.6. The van der Waals surface area contributed by atoms with E-state index in [1.54, 1.807) is 13.8 Å². The average Bonchev–Trinajstić information content (AvgIpc) is 1.82. The quantitative estimate of drug-likeness (QED) is 0.654. The highest BCUT2D eigenvalue weighted by Gasteiger charge is 2.33. The second kappa shape index (κ2) is 3.64. The van der Waals surface area contributed by atoms with Gasteiger partial charge in [0.2, 0.25) is 0 Å². The second-order valence-electron chi connectivity index (χ2n) is 3.88. The molecule has 74 valence electrons. The van der Waals surface area contributed by atoms with E-state index in [0.717, 1.165) is 0 Å². The molecule has 0 radical (unpaired) electrons. The van der Waals surface area contributed by atoms with Crippen LogP contribution in [0.4, 0.5) is 13.2 Å². The van der Waals surface area contributed by atoms with Crippen molar-refractivity contribution in [3.63, 3.8) is 0 Å². The topological polar surface area (TPSA) is 9.23 Å². The Hall–Kier alpha value is -0.250. The molecule has 0 aromatic heterocycles. The molecule has 0 aliphatic heterocycles. The molecule has 0 aromatic rings. The summed E-state index contributed by atoms with van der Waals surface area (Å²) in [6, 6.07) is 0. The van der Waals surface area contributed by atoms with Gasteiger partial charge in [0, 0.05) is 0 Å². The van der Waals surface area contributed by atoms with Gasteiger partial charge in [0.15, 0.2) is 0 Å². The van der Waals surface area contributed by atoms with Crippen molar-refractivity contribution in [2.24, 2.45) is 11.3 Å². The fraction of sp³-hybridized carbons (Fsp3) is 1.00. The van der Waals surface area contributed by atoms with Crippen LogP contribution in [0.3, 0.4) is 0 Å². The van der Waals surface area contributed by atoms with Gasteiger partial charge in [0.25, 0.3) is 0 Å². The maximum Gasteiger partial charge on any atom is 0.522 e. The van der Waals surface area contributed by atoms with E-state index in [4.69, 9.17) is 0 Å². The van der Waals surface area contributed by atoms with Crippen molar-refractivity contribution in [3.8, 4) is 0 Å². The molecule has 0 amide bonds. The molecule has 0 saturated heterocycles. The predicted octanol–water partition coefficient (Wildman–Crippen LogP) is 3.21. The van der Waals surface area contributed by atoms with E-state index in [-0.39, 0.29) is 12.5 Å². The Bertz CT molecular complexity index is 138. The van der Waals surface area contributed by atoms with Crippen LogP contribution >= 0.6 is 0 Å². The third-order valence-corrected chi connectivity index (χ3v) is 2.17. The van der Waals surface area contributed by atoms with Crippen LogP contribution in [-0.2, 0) is 4.74 Å². The first kappa shape index (κ1) is 11.8. The van der Waals surface area contributed by atoms with Crippen molar-refractivity contribution < 1.29 is 17.9 Å². The lowest BCUT2D eigenvalue weighted by molar-refractivity contribution is -0.333. The number of hydrogen-bond donors (Lipinski definition) is 0. The van der Waals surface area contributed by atoms with Crippen molar-refractivity contribution in [3.05, 3.63) is 0 Å². The summed E-state index contributed by atoms with van der Waals surface area (Å²) in [5, 5.41) is 0. The molecule has 0 atom stereocenters. The molecule has 0 heterocycles. The molecule has 0 saturated carbocycles. The molecule has 0 N–H and O–H groups in total. The molecule has 12 heavy (non-hydrogen) atoms. The summed E-state index contributed by atoms with van der Waals surface area (Å²) < 4.78 is 38.6. The summed E-state index contributed by atoms with van der Waals surface area (Å²) in [6.07, 6.45) is -4.51. The standard InChI is InChI=1S/C8H15F3O/c1-6(2)7(3,4)5-12-8(9,10)11/h6H,5H2,1-4H3. The van der Waals surface area contributed by atoms with Crippen molar-refractivity contribution >= 4 is 0 Å². The molecule has 0 unspecified atom stereocenters. The van der Waals surface area contributed by atoms with E-state index in [1.165, 1.54) is 0 Å². The van der Waals surface area contributed by atoms with E-state index in [0.29, 0.717) is 0 Å². The molecule has 4 heteroatoms. The Labute approximate surface area is 70.9 Å². The zero-order valence-corrected chi connectivity index (χ0v) is 7.83. The van der Waals surface area contributed by atoms with Crippen LogP contribution < -0.4 is 0 Å². The van der Waals surface area contributed by atoms with Gasteiger partial charge in [0.05, 0.1) is 6.61 Å². The third-order valence-electron chi connectivity index (χ3n) is 2.17. The number of alkyl halides is 3. The predicted molar refractivity (Wildman–Crippen MR) is 40.6 cm³/mol. The molecular weight excluding hydrogens is 169 g/mol. The fourth-order valence-corrected chi connectivity index (χ4v) is 0.435. The third kappa shape index (κ3) is 4.59. The molecule has 0 aromatic carbocycles. The normalized spacial score (nSPS) is 14.0. The van der Waals surface area contributed by atoms with E-state index >= 15 is 0 Å². The van der Waals surface area contributed by atoms with Crippen molar-refractivity contribution in [1.29, 1.82) is 0 Å². The van der Waals surface area contributed by atoms with Crippen molar-refractivity contribution in [2.45, 2.75) is 34.1 Å². The summed E-state index contributed by atoms with van der Waals surface area (Å²) in [5.74, 6) is 0.167. The van der Waals surface area contributed by atoms with Crippen LogP contribution in [0.1, 0.15) is 27.7 Å². The first-order valence-corrected chi connectivity index (χ1v) is 3.86. The minimum atomic E-state index is -4.51. The Balaban J connectivity index is 3.93. The molecule has 0 rings (SSSR count). The Morgan fingerprint density at radius 2 is 1.58 bits per heavy atom. The number of rotatable bonds is 3. The minimum absolute atomic E-state index is 0.167. The molecule has 0 aliphatic carbocycles. The summed E-state index contributed by atoms with van der Waals surface area (Å²) in [7, 11) is 0. The van der Waals surface area contributed by atoms with E-state index in [9.17, 15) is 13.2 Å². The highest BCUT2D eigenvalue weighted by molar-refractivity contribution is 4.71. The fourth-order valence-electron chi connectivity index (χ4n) is 0.435. The van der Waals surface area contributed by atoms with Crippen molar-refractivity contribution in [1.82, 2.24) is 0 Å². The van der Waals surface area contributed by atoms with E-state index in [2.05, 4.69) is 4.74 Å². The van der Waals surface area contributed by atoms with Gasteiger partial charge in [-0.2, -0.15) is 0 Å². The summed E-state index contributed by atoms with van der Waals surface area (Å²) in [6.45, 7) is 6.97. The van der Waals surface area contributed by atoms with Crippen LogP contribution in [0.5, 0.6) is 0 Å². The largest absolute Gasteiger partial charge is 0.522 e.